The van der Waals surface area contributed by atoms with E-state index in [1.165, 1.54) is 5.56 Å². The predicted octanol–water partition coefficient (Wildman–Crippen LogP) is 2.31. The molecule has 7 heteroatoms. The quantitative estimate of drug-likeness (QED) is 0.586. The first kappa shape index (κ1) is 19.6. The van der Waals surface area contributed by atoms with E-state index in [9.17, 15) is 0 Å². The molecule has 2 aromatic rings. The van der Waals surface area contributed by atoms with Crippen LogP contribution in [-0.2, 0) is 20.1 Å². The molecule has 0 aliphatic carbocycles. The zero-order valence-corrected chi connectivity index (χ0v) is 16.5. The number of nitrogens with one attached hydrogen (secondary N) is 2. The number of nitrogens with zero attached hydrogens (tertiary/aromatic N) is 3. The Morgan fingerprint density at radius 3 is 2.50 bits per heavy atom. The average Bonchev–Trinajstić information content (AvgIpc) is 2.88. The first-order valence-electron chi connectivity index (χ1n) is 8.73. The highest BCUT2D eigenvalue weighted by molar-refractivity contribution is 5.79. The minimum absolute atomic E-state index is 0.609. The van der Waals surface area contributed by atoms with Crippen molar-refractivity contribution in [1.82, 2.24) is 20.4 Å². The van der Waals surface area contributed by atoms with E-state index < -0.39 is 0 Å². The van der Waals surface area contributed by atoms with E-state index in [0.717, 1.165) is 34.4 Å². The number of hydrogen-bond donors (Lipinski definition) is 2. The Bertz CT molecular complexity index is 768. The fourth-order valence-corrected chi connectivity index (χ4v) is 2.75. The van der Waals surface area contributed by atoms with E-state index in [-0.39, 0.29) is 0 Å². The SMILES string of the molecule is CCOc1ccc(CNC(=NC)NCc2c(C)nn(C)c2C)cc1OC. The highest BCUT2D eigenvalue weighted by atomic mass is 16.5. The van der Waals surface area contributed by atoms with E-state index in [1.54, 1.807) is 14.2 Å². The molecule has 1 aromatic heterocycles. The topological polar surface area (TPSA) is 72.7 Å². The van der Waals surface area contributed by atoms with Crippen LogP contribution < -0.4 is 20.1 Å². The van der Waals surface area contributed by atoms with Crippen molar-refractivity contribution in [3.63, 3.8) is 0 Å². The third kappa shape index (κ3) is 4.68. The van der Waals surface area contributed by atoms with Crippen molar-refractivity contribution in [3.05, 3.63) is 40.7 Å². The van der Waals surface area contributed by atoms with Crippen LogP contribution in [0.3, 0.4) is 0 Å². The van der Waals surface area contributed by atoms with Gasteiger partial charge in [-0.15, -0.1) is 0 Å². The molecule has 0 atom stereocenters. The van der Waals surface area contributed by atoms with Crippen molar-refractivity contribution < 1.29 is 9.47 Å². The number of ether oxygens (including phenoxy) is 2. The summed E-state index contributed by atoms with van der Waals surface area (Å²) in [6.45, 7) is 7.96. The van der Waals surface area contributed by atoms with Crippen molar-refractivity contribution in [2.45, 2.75) is 33.9 Å². The maximum atomic E-state index is 5.55. The van der Waals surface area contributed by atoms with E-state index >= 15 is 0 Å². The van der Waals surface area contributed by atoms with Crippen LogP contribution in [0.15, 0.2) is 23.2 Å². The van der Waals surface area contributed by atoms with Gasteiger partial charge < -0.3 is 20.1 Å². The van der Waals surface area contributed by atoms with Gasteiger partial charge in [-0.3, -0.25) is 9.67 Å². The molecule has 0 aliphatic rings. The Morgan fingerprint density at radius 1 is 1.19 bits per heavy atom. The maximum Gasteiger partial charge on any atom is 0.191 e. The van der Waals surface area contributed by atoms with E-state index in [4.69, 9.17) is 9.47 Å². The summed E-state index contributed by atoms with van der Waals surface area (Å²) in [5.41, 5.74) is 4.46. The number of hydrogen-bond acceptors (Lipinski definition) is 4. The number of guanidine groups is 1. The summed E-state index contributed by atoms with van der Waals surface area (Å²) >= 11 is 0. The van der Waals surface area contributed by atoms with Crippen LogP contribution in [-0.4, -0.2) is 36.5 Å². The minimum Gasteiger partial charge on any atom is -0.493 e. The second-order valence-electron chi connectivity index (χ2n) is 5.97. The van der Waals surface area contributed by atoms with E-state index in [1.807, 2.05) is 43.8 Å². The molecule has 0 bridgehead atoms. The zero-order chi connectivity index (χ0) is 19.1. The van der Waals surface area contributed by atoms with Gasteiger partial charge in [-0.25, -0.2) is 0 Å². The lowest BCUT2D eigenvalue weighted by molar-refractivity contribution is 0.310. The molecule has 7 nitrogen and oxygen atoms in total. The molecule has 0 aliphatic heterocycles. The Kier molecular flexibility index (Phi) is 6.89. The van der Waals surface area contributed by atoms with Crippen molar-refractivity contribution in [2.75, 3.05) is 20.8 Å². The van der Waals surface area contributed by atoms with Gasteiger partial charge in [0.15, 0.2) is 17.5 Å². The summed E-state index contributed by atoms with van der Waals surface area (Å²) in [6.07, 6.45) is 0. The number of aromatic nitrogens is 2. The molecule has 2 N–H and O–H groups in total. The van der Waals surface area contributed by atoms with Crippen molar-refractivity contribution in [1.29, 1.82) is 0 Å². The fraction of sp³-hybridized carbons (Fsp3) is 0.474. The average molecular weight is 359 g/mol. The van der Waals surface area contributed by atoms with Crippen molar-refractivity contribution >= 4 is 5.96 Å². The second-order valence-corrected chi connectivity index (χ2v) is 5.97. The molecule has 26 heavy (non-hydrogen) atoms. The summed E-state index contributed by atoms with van der Waals surface area (Å²) in [5.74, 6) is 2.22. The largest absolute Gasteiger partial charge is 0.493 e. The number of benzene rings is 1. The predicted molar refractivity (Wildman–Crippen MR) is 104 cm³/mol. The van der Waals surface area contributed by atoms with Gasteiger partial charge in [0.25, 0.3) is 0 Å². The monoisotopic (exact) mass is 359 g/mol. The van der Waals surface area contributed by atoms with Crippen LogP contribution in [0.4, 0.5) is 0 Å². The van der Waals surface area contributed by atoms with Crippen LogP contribution in [0.1, 0.15) is 29.4 Å². The molecule has 0 saturated carbocycles. The smallest absolute Gasteiger partial charge is 0.191 e. The molecular weight excluding hydrogens is 330 g/mol. The minimum atomic E-state index is 0.609. The van der Waals surface area contributed by atoms with Gasteiger partial charge in [-0.2, -0.15) is 5.10 Å². The van der Waals surface area contributed by atoms with Gasteiger partial charge in [-0.1, -0.05) is 6.07 Å². The van der Waals surface area contributed by atoms with Crippen LogP contribution >= 0.6 is 0 Å². The summed E-state index contributed by atoms with van der Waals surface area (Å²) in [7, 11) is 5.36. The number of rotatable bonds is 7. The molecule has 1 heterocycles. The Labute approximate surface area is 155 Å². The Morgan fingerprint density at radius 2 is 1.92 bits per heavy atom. The van der Waals surface area contributed by atoms with Crippen LogP contribution in [0.5, 0.6) is 11.5 Å². The third-order valence-corrected chi connectivity index (χ3v) is 4.30. The second kappa shape index (κ2) is 9.12. The van der Waals surface area contributed by atoms with Crippen LogP contribution in [0, 0.1) is 13.8 Å². The highest BCUT2D eigenvalue weighted by Gasteiger charge is 2.10. The lowest BCUT2D eigenvalue weighted by Crippen LogP contribution is -2.36. The molecule has 0 fully saturated rings. The summed E-state index contributed by atoms with van der Waals surface area (Å²) in [4.78, 5) is 4.29. The maximum absolute atomic E-state index is 5.55. The van der Waals surface area contributed by atoms with Gasteiger partial charge in [-0.05, 0) is 38.5 Å². The molecule has 1 aromatic carbocycles. The van der Waals surface area contributed by atoms with Gasteiger partial charge in [0, 0.05) is 38.4 Å². The fourth-order valence-electron chi connectivity index (χ4n) is 2.75. The van der Waals surface area contributed by atoms with Crippen molar-refractivity contribution in [3.8, 4) is 11.5 Å². The van der Waals surface area contributed by atoms with Crippen LogP contribution in [0.2, 0.25) is 0 Å². The van der Waals surface area contributed by atoms with Gasteiger partial charge in [0.05, 0.1) is 19.4 Å². The molecule has 0 saturated heterocycles. The number of aliphatic imine (C=N–C) groups is 1. The van der Waals surface area contributed by atoms with Crippen LogP contribution in [0.25, 0.3) is 0 Å². The lowest BCUT2D eigenvalue weighted by Gasteiger charge is -2.14. The third-order valence-electron chi connectivity index (χ3n) is 4.30. The molecule has 0 unspecified atom stereocenters. The molecule has 0 radical (unpaired) electrons. The normalized spacial score (nSPS) is 11.4. The van der Waals surface area contributed by atoms with Gasteiger partial charge in [0.1, 0.15) is 0 Å². The summed E-state index contributed by atoms with van der Waals surface area (Å²) in [6, 6.07) is 5.92. The highest BCUT2D eigenvalue weighted by Crippen LogP contribution is 2.27. The molecule has 0 spiro atoms. The summed E-state index contributed by atoms with van der Waals surface area (Å²) in [5, 5.41) is 11.1. The standard InChI is InChI=1S/C19H29N5O2/c1-7-26-17-9-8-15(10-18(17)25-6)11-21-19(20-4)22-12-16-13(2)23-24(5)14(16)3/h8-10H,7,11-12H2,1-6H3,(H2,20,21,22). The van der Waals surface area contributed by atoms with Crippen molar-refractivity contribution in [2.24, 2.45) is 12.0 Å². The lowest BCUT2D eigenvalue weighted by atomic mass is 10.2. The van der Waals surface area contributed by atoms with E-state index in [0.29, 0.717) is 19.7 Å². The molecular formula is C19H29N5O2. The summed E-state index contributed by atoms with van der Waals surface area (Å²) < 4.78 is 12.8. The van der Waals surface area contributed by atoms with Gasteiger partial charge >= 0.3 is 0 Å². The first-order chi connectivity index (χ1) is 12.5. The van der Waals surface area contributed by atoms with E-state index in [2.05, 4.69) is 27.6 Å². The number of methoxy groups -OCH3 is 1. The molecule has 2 rings (SSSR count). The Balaban J connectivity index is 1.96. The van der Waals surface area contributed by atoms with Gasteiger partial charge in [0.2, 0.25) is 0 Å². The zero-order valence-electron chi connectivity index (χ0n) is 16.5. The number of aryl methyl sites for hydroxylation is 2. The Hall–Kier alpha value is -2.70. The molecule has 0 amide bonds. The first-order valence-corrected chi connectivity index (χ1v) is 8.73. The molecule has 142 valence electrons.